The molecule has 0 atom stereocenters. The van der Waals surface area contributed by atoms with E-state index in [4.69, 9.17) is 4.74 Å². The molecule has 0 saturated carbocycles. The summed E-state index contributed by atoms with van der Waals surface area (Å²) < 4.78 is 5.05. The molecule has 0 aromatic rings. The van der Waals surface area contributed by atoms with Gasteiger partial charge in [-0.3, -0.25) is 0 Å². The summed E-state index contributed by atoms with van der Waals surface area (Å²) in [5, 5.41) is 0. The summed E-state index contributed by atoms with van der Waals surface area (Å²) in [5.41, 5.74) is 0. The number of hydrogen-bond donors (Lipinski definition) is 0. The first-order valence-corrected chi connectivity index (χ1v) is 9.20. The van der Waals surface area contributed by atoms with Crippen molar-refractivity contribution in [1.29, 1.82) is 0 Å². The first-order valence-electron chi connectivity index (χ1n) is 9.20. The Labute approximate surface area is 133 Å². The zero-order valence-electron chi connectivity index (χ0n) is 14.6. The molecule has 21 heavy (non-hydrogen) atoms. The van der Waals surface area contributed by atoms with Gasteiger partial charge in [0.2, 0.25) is 0 Å². The number of unbranched alkanes of at least 4 members (excludes halogenated alkanes) is 10. The maximum atomic E-state index is 5.05. The predicted molar refractivity (Wildman–Crippen MR) is 95.9 cm³/mol. The molecule has 0 aromatic heterocycles. The van der Waals surface area contributed by atoms with Crippen LogP contribution in [0.2, 0.25) is 0 Å². The topological polar surface area (TPSA) is 9.23 Å². The summed E-state index contributed by atoms with van der Waals surface area (Å²) in [5.74, 6) is 0. The number of methoxy groups -OCH3 is 1. The highest BCUT2D eigenvalue weighted by Crippen LogP contribution is 2.09. The molecule has 0 aliphatic heterocycles. The smallest absolute Gasteiger partial charge is 0.0462 e. The third-order valence-corrected chi connectivity index (χ3v) is 3.80. The average Bonchev–Trinajstić information content (AvgIpc) is 2.50. The Kier molecular flexibility index (Phi) is 18.9. The van der Waals surface area contributed by atoms with Crippen LogP contribution in [0, 0.1) is 0 Å². The molecule has 0 aliphatic rings. The van der Waals surface area contributed by atoms with E-state index in [9.17, 15) is 0 Å². The number of rotatable bonds is 16. The van der Waals surface area contributed by atoms with Crippen LogP contribution in [0.15, 0.2) is 24.3 Å². The van der Waals surface area contributed by atoms with Crippen LogP contribution in [0.25, 0.3) is 0 Å². The summed E-state index contributed by atoms with van der Waals surface area (Å²) in [4.78, 5) is 0. The Morgan fingerprint density at radius 3 is 1.71 bits per heavy atom. The zero-order valence-corrected chi connectivity index (χ0v) is 14.6. The van der Waals surface area contributed by atoms with Crippen LogP contribution in [0.1, 0.15) is 90.4 Å². The van der Waals surface area contributed by atoms with E-state index in [1.54, 1.807) is 7.11 Å². The summed E-state index contributed by atoms with van der Waals surface area (Å²) >= 11 is 0. The lowest BCUT2D eigenvalue weighted by Gasteiger charge is -2.00. The lowest BCUT2D eigenvalue weighted by atomic mass is 10.1. The molecule has 0 bridgehead atoms. The second-order valence-corrected chi connectivity index (χ2v) is 5.93. The molecule has 0 saturated heterocycles. The van der Waals surface area contributed by atoms with E-state index in [1.165, 1.54) is 77.0 Å². The Balaban J connectivity index is 3.11. The van der Waals surface area contributed by atoms with Crippen molar-refractivity contribution in [1.82, 2.24) is 0 Å². The van der Waals surface area contributed by atoms with Crippen molar-refractivity contribution < 1.29 is 4.74 Å². The Morgan fingerprint density at radius 2 is 1.14 bits per heavy atom. The third-order valence-electron chi connectivity index (χ3n) is 3.80. The number of hydrogen-bond acceptors (Lipinski definition) is 1. The molecule has 0 rings (SSSR count). The third kappa shape index (κ3) is 19.4. The van der Waals surface area contributed by atoms with Crippen LogP contribution in [0.4, 0.5) is 0 Å². The van der Waals surface area contributed by atoms with Crippen LogP contribution >= 0.6 is 0 Å². The summed E-state index contributed by atoms with van der Waals surface area (Å²) in [7, 11) is 1.79. The van der Waals surface area contributed by atoms with Crippen LogP contribution in [0.5, 0.6) is 0 Å². The lowest BCUT2D eigenvalue weighted by molar-refractivity contribution is 0.192. The largest absolute Gasteiger partial charge is 0.385 e. The monoisotopic (exact) mass is 294 g/mol. The molecule has 0 aromatic carbocycles. The quantitative estimate of drug-likeness (QED) is 0.224. The van der Waals surface area contributed by atoms with Crippen LogP contribution < -0.4 is 0 Å². The van der Waals surface area contributed by atoms with Gasteiger partial charge in [0.25, 0.3) is 0 Å². The van der Waals surface area contributed by atoms with Crippen molar-refractivity contribution in [2.75, 3.05) is 13.7 Å². The van der Waals surface area contributed by atoms with E-state index in [1.807, 2.05) is 0 Å². The molecule has 124 valence electrons. The lowest BCUT2D eigenvalue weighted by Crippen LogP contribution is -1.88. The first-order chi connectivity index (χ1) is 10.4. The summed E-state index contributed by atoms with van der Waals surface area (Å²) in [6, 6.07) is 0. The minimum absolute atomic E-state index is 0.928. The first kappa shape index (κ1) is 20.4. The summed E-state index contributed by atoms with van der Waals surface area (Å²) in [6.45, 7) is 3.19. The summed E-state index contributed by atoms with van der Waals surface area (Å²) in [6.07, 6.45) is 26.5. The maximum absolute atomic E-state index is 5.05. The number of allylic oxidation sites excluding steroid dienone is 4. The van der Waals surface area contributed by atoms with E-state index in [0.29, 0.717) is 0 Å². The second kappa shape index (κ2) is 19.4. The second-order valence-electron chi connectivity index (χ2n) is 5.93. The van der Waals surface area contributed by atoms with Crippen molar-refractivity contribution in [3.05, 3.63) is 24.3 Å². The normalized spacial score (nSPS) is 11.9. The standard InChI is InChI=1S/C20H38O/c1-3-4-5-6-7-8-9-10-11-12-13-14-15-16-17-18-19-20-21-2/h7-8,10-11H,3-6,9,12-20H2,1-2H3/b8-7+,11-10+. The predicted octanol–water partition coefficient (Wildman–Crippen LogP) is 6.84. The molecule has 1 heteroatoms. The Hall–Kier alpha value is -0.560. The fourth-order valence-corrected chi connectivity index (χ4v) is 2.41. The molecule has 0 aliphatic carbocycles. The Bertz CT molecular complexity index is 230. The van der Waals surface area contributed by atoms with E-state index in [2.05, 4.69) is 31.2 Å². The maximum Gasteiger partial charge on any atom is 0.0462 e. The average molecular weight is 295 g/mol. The molecular weight excluding hydrogens is 256 g/mol. The highest BCUT2D eigenvalue weighted by molar-refractivity contribution is 4.92. The van der Waals surface area contributed by atoms with E-state index < -0.39 is 0 Å². The molecule has 0 radical (unpaired) electrons. The van der Waals surface area contributed by atoms with Crippen molar-refractivity contribution in [2.24, 2.45) is 0 Å². The van der Waals surface area contributed by atoms with Gasteiger partial charge >= 0.3 is 0 Å². The zero-order chi connectivity index (χ0) is 15.4. The number of ether oxygens (including phenoxy) is 1. The minimum atomic E-state index is 0.928. The molecule has 1 nitrogen and oxygen atoms in total. The van der Waals surface area contributed by atoms with Crippen LogP contribution in [0.3, 0.4) is 0 Å². The molecule has 0 spiro atoms. The Morgan fingerprint density at radius 1 is 0.619 bits per heavy atom. The molecule has 0 amide bonds. The van der Waals surface area contributed by atoms with E-state index >= 15 is 0 Å². The van der Waals surface area contributed by atoms with Gasteiger partial charge in [0.05, 0.1) is 0 Å². The van der Waals surface area contributed by atoms with Gasteiger partial charge in [-0.05, 0) is 38.5 Å². The van der Waals surface area contributed by atoms with Gasteiger partial charge in [-0.2, -0.15) is 0 Å². The van der Waals surface area contributed by atoms with Gasteiger partial charge in [-0.25, -0.2) is 0 Å². The van der Waals surface area contributed by atoms with Gasteiger partial charge in [0.15, 0.2) is 0 Å². The van der Waals surface area contributed by atoms with Gasteiger partial charge in [0.1, 0.15) is 0 Å². The van der Waals surface area contributed by atoms with Gasteiger partial charge < -0.3 is 4.74 Å². The SMILES string of the molecule is CCCCC/C=C/C/C=C/CCCCCCCCCOC. The van der Waals surface area contributed by atoms with Gasteiger partial charge in [-0.15, -0.1) is 0 Å². The van der Waals surface area contributed by atoms with Gasteiger partial charge in [0, 0.05) is 13.7 Å². The van der Waals surface area contributed by atoms with Crippen molar-refractivity contribution in [3.8, 4) is 0 Å². The van der Waals surface area contributed by atoms with E-state index in [-0.39, 0.29) is 0 Å². The fraction of sp³-hybridized carbons (Fsp3) is 0.800. The highest BCUT2D eigenvalue weighted by Gasteiger charge is 1.91. The van der Waals surface area contributed by atoms with E-state index in [0.717, 1.165) is 13.0 Å². The van der Waals surface area contributed by atoms with Crippen LogP contribution in [-0.2, 0) is 4.74 Å². The highest BCUT2D eigenvalue weighted by atomic mass is 16.5. The van der Waals surface area contributed by atoms with Crippen LogP contribution in [-0.4, -0.2) is 13.7 Å². The molecule has 0 unspecified atom stereocenters. The molecule has 0 fully saturated rings. The van der Waals surface area contributed by atoms with Crippen molar-refractivity contribution in [3.63, 3.8) is 0 Å². The fourth-order valence-electron chi connectivity index (χ4n) is 2.41. The molecular formula is C20H38O. The van der Waals surface area contributed by atoms with Crippen molar-refractivity contribution in [2.45, 2.75) is 90.4 Å². The minimum Gasteiger partial charge on any atom is -0.385 e. The van der Waals surface area contributed by atoms with Gasteiger partial charge in [-0.1, -0.05) is 76.2 Å². The molecule has 0 heterocycles. The van der Waals surface area contributed by atoms with Crippen molar-refractivity contribution >= 4 is 0 Å². The molecule has 0 N–H and O–H groups in total.